The largest absolute Gasteiger partial charge is 0.460 e. The van der Waals surface area contributed by atoms with E-state index in [1.165, 1.54) is 12.1 Å². The van der Waals surface area contributed by atoms with Gasteiger partial charge in [-0.25, -0.2) is 24.7 Å². The molecule has 3 atom stereocenters. The molecule has 3 rings (SSSR count). The molecule has 51 heavy (non-hydrogen) atoms. The molecule has 0 spiro atoms. The molecule has 18 nitrogen and oxygen atoms in total. The van der Waals surface area contributed by atoms with Crippen molar-refractivity contribution in [1.29, 1.82) is 0 Å². The average Bonchev–Trinajstić information content (AvgIpc) is 3.25. The fourth-order valence-corrected chi connectivity index (χ4v) is 4.73. The van der Waals surface area contributed by atoms with E-state index in [0.29, 0.717) is 16.0 Å². The van der Waals surface area contributed by atoms with Crippen LogP contribution in [0.5, 0.6) is 0 Å². The number of nitrogens with two attached hydrogens (primary N) is 1. The lowest BCUT2D eigenvalue weighted by molar-refractivity contribution is -0.525. The molecule has 1 heterocycles. The summed E-state index contributed by atoms with van der Waals surface area (Å²) < 4.78 is 10.9. The van der Waals surface area contributed by atoms with Gasteiger partial charge < -0.3 is 31.2 Å². The lowest BCUT2D eigenvalue weighted by Gasteiger charge is -2.27. The topological polar surface area (TPSA) is 254 Å². The summed E-state index contributed by atoms with van der Waals surface area (Å²) in [5.41, 5.74) is 6.59. The van der Waals surface area contributed by atoms with Gasteiger partial charge in [-0.15, -0.1) is 0 Å². The number of benzene rings is 2. The van der Waals surface area contributed by atoms with Crippen molar-refractivity contribution < 1.29 is 43.3 Å². The molecule has 1 fully saturated rings. The highest BCUT2D eigenvalue weighted by Crippen LogP contribution is 2.20. The Hall–Kier alpha value is -6.07. The molecule has 1 aliphatic heterocycles. The van der Waals surface area contributed by atoms with Gasteiger partial charge in [-0.2, -0.15) is 0 Å². The maximum absolute atomic E-state index is 13.6. The van der Waals surface area contributed by atoms with E-state index in [4.69, 9.17) is 15.2 Å². The number of hydrogen-bond acceptors (Lipinski definition) is 11. The van der Waals surface area contributed by atoms with Crippen LogP contribution in [0.3, 0.4) is 0 Å². The van der Waals surface area contributed by atoms with Gasteiger partial charge in [-0.3, -0.25) is 24.1 Å². The number of amides is 5. The number of carbonyl (C=O) groups excluding carboxylic acids is 6. The van der Waals surface area contributed by atoms with Crippen LogP contribution in [0.1, 0.15) is 65.1 Å². The van der Waals surface area contributed by atoms with Crippen molar-refractivity contribution in [2.75, 3.05) is 6.54 Å². The van der Waals surface area contributed by atoms with Crippen LogP contribution in [-0.2, 0) is 39.9 Å². The number of rotatable bonds is 13. The minimum Gasteiger partial charge on any atom is -0.460 e. The Labute approximate surface area is 293 Å². The third-order valence-corrected chi connectivity index (χ3v) is 6.74. The summed E-state index contributed by atoms with van der Waals surface area (Å²) in [6.45, 7) is 9.05. The van der Waals surface area contributed by atoms with Crippen LogP contribution in [0.4, 0.5) is 10.5 Å². The Morgan fingerprint density at radius 3 is 2.14 bits per heavy atom. The highest BCUT2D eigenvalue weighted by Gasteiger charge is 2.40. The normalized spacial score (nSPS) is 16.0. The molecule has 0 bridgehead atoms. The number of hydrogen-bond donors (Lipinski definition) is 5. The monoisotopic (exact) mass is 710 g/mol. The highest BCUT2D eigenvalue weighted by atomic mass is 16.7. The van der Waals surface area contributed by atoms with E-state index in [-0.39, 0.29) is 12.1 Å². The zero-order valence-corrected chi connectivity index (χ0v) is 29.1. The number of imide groups is 1. The quantitative estimate of drug-likeness (QED) is 0.0492. The second kappa shape index (κ2) is 16.6. The Morgan fingerprint density at radius 2 is 1.57 bits per heavy atom. The lowest BCUT2D eigenvalue weighted by Crippen LogP contribution is -2.53. The van der Waals surface area contributed by atoms with Crippen molar-refractivity contribution >= 4 is 47.3 Å². The number of nitro groups is 1. The molecule has 1 unspecified atom stereocenters. The second-order valence-electron chi connectivity index (χ2n) is 13.5. The van der Waals surface area contributed by atoms with E-state index >= 15 is 0 Å². The van der Waals surface area contributed by atoms with Crippen molar-refractivity contribution in [1.82, 2.24) is 26.3 Å². The summed E-state index contributed by atoms with van der Waals surface area (Å²) in [7, 11) is 0. The van der Waals surface area contributed by atoms with Crippen LogP contribution in [-0.4, -0.2) is 81.4 Å². The summed E-state index contributed by atoms with van der Waals surface area (Å²) in [6.07, 6.45) is -0.605. The second-order valence-corrected chi connectivity index (χ2v) is 13.5. The van der Waals surface area contributed by atoms with Crippen LogP contribution < -0.4 is 27.1 Å². The predicted molar refractivity (Wildman–Crippen MR) is 181 cm³/mol. The average molecular weight is 711 g/mol. The molecule has 0 aromatic heterocycles. The maximum Gasteiger partial charge on any atom is 0.333 e. The fraction of sp³-hybridized carbons (Fsp3) is 0.424. The van der Waals surface area contributed by atoms with Crippen molar-refractivity contribution in [3.63, 3.8) is 0 Å². The number of hydrazine groups is 1. The van der Waals surface area contributed by atoms with Gasteiger partial charge in [0.1, 0.15) is 29.8 Å². The maximum atomic E-state index is 13.6. The fourth-order valence-electron chi connectivity index (χ4n) is 4.73. The molecule has 0 radical (unpaired) electrons. The molecule has 274 valence electrons. The third kappa shape index (κ3) is 12.7. The van der Waals surface area contributed by atoms with Crippen molar-refractivity contribution in [2.24, 2.45) is 10.7 Å². The molecule has 2 aromatic carbocycles. The van der Waals surface area contributed by atoms with Crippen LogP contribution in [0.25, 0.3) is 0 Å². The number of urea groups is 1. The van der Waals surface area contributed by atoms with E-state index in [1.807, 2.05) is 0 Å². The molecule has 2 aromatic rings. The smallest absolute Gasteiger partial charge is 0.333 e. The Morgan fingerprint density at radius 1 is 0.961 bits per heavy atom. The standard InChI is InChI=1S/C33H42N8O10/c1-32(2,3)50-25(43)17-22(27(44)38-26(20-10-8-7-9-11-20)29(46)51-33(4,5)6)36-24(42)18-40-28(45)23(37-31(40)47)16-19-12-14-21(15-13-19)35-30(34)39-41(48)49/h7-15,22-23,26H,16-18H2,1-6H3,(H,36,42)(H,37,47)(H,38,44)(H3,34,35,39)/t22-,23?,26-/m0/s1. The summed E-state index contributed by atoms with van der Waals surface area (Å²) in [4.78, 5) is 93.7. The summed E-state index contributed by atoms with van der Waals surface area (Å²) in [5, 5.41) is 17.1. The predicted octanol–water partition coefficient (Wildman–Crippen LogP) is 1.29. The molecule has 1 aliphatic rings. The number of ether oxygens (including phenoxy) is 2. The van der Waals surface area contributed by atoms with Gasteiger partial charge in [0, 0.05) is 6.42 Å². The van der Waals surface area contributed by atoms with Gasteiger partial charge >= 0.3 is 18.0 Å². The first-order valence-corrected chi connectivity index (χ1v) is 15.8. The van der Waals surface area contributed by atoms with E-state index in [9.17, 15) is 38.9 Å². The van der Waals surface area contributed by atoms with Gasteiger partial charge in [-0.1, -0.05) is 47.9 Å². The SMILES string of the molecule is CC(C)(C)OC(=O)C[C@H](NC(=O)CN1C(=O)NC(Cc2ccc(N=C(N)N[N+](=O)[O-])cc2)C1=O)C(=O)N[C@H](C(=O)OC(C)(C)C)c1ccccc1. The van der Waals surface area contributed by atoms with Crippen LogP contribution in [0, 0.1) is 10.1 Å². The number of nitrogens with one attached hydrogen (secondary N) is 4. The van der Waals surface area contributed by atoms with Crippen LogP contribution in [0.2, 0.25) is 0 Å². The van der Waals surface area contributed by atoms with E-state index in [2.05, 4.69) is 20.9 Å². The first-order valence-electron chi connectivity index (χ1n) is 15.8. The first kappa shape index (κ1) is 39.4. The zero-order chi connectivity index (χ0) is 38.1. The van der Waals surface area contributed by atoms with E-state index in [0.717, 1.165) is 0 Å². The molecule has 0 aliphatic carbocycles. The lowest BCUT2D eigenvalue weighted by atomic mass is 10.0. The van der Waals surface area contributed by atoms with Crippen LogP contribution in [0.15, 0.2) is 59.6 Å². The summed E-state index contributed by atoms with van der Waals surface area (Å²) in [6, 6.07) is 9.59. The Bertz CT molecular complexity index is 1670. The molecule has 0 saturated carbocycles. The molecule has 5 amide bonds. The number of esters is 2. The number of guanidine groups is 1. The van der Waals surface area contributed by atoms with Crippen LogP contribution >= 0.6 is 0 Å². The highest BCUT2D eigenvalue weighted by molar-refractivity contribution is 6.07. The van der Waals surface area contributed by atoms with Crippen molar-refractivity contribution in [2.45, 2.75) is 83.7 Å². The molecule has 6 N–H and O–H groups in total. The molecule has 18 heteroatoms. The van der Waals surface area contributed by atoms with Gasteiger partial charge in [0.15, 0.2) is 11.1 Å². The third-order valence-electron chi connectivity index (χ3n) is 6.74. The van der Waals surface area contributed by atoms with Gasteiger partial charge in [0.25, 0.3) is 11.9 Å². The van der Waals surface area contributed by atoms with Gasteiger partial charge in [0.05, 0.1) is 12.1 Å². The number of aliphatic imine (C=N–C) groups is 1. The summed E-state index contributed by atoms with van der Waals surface area (Å²) >= 11 is 0. The number of nitrogens with zero attached hydrogens (tertiary/aromatic N) is 3. The molecular weight excluding hydrogens is 668 g/mol. The Kier molecular flexibility index (Phi) is 12.8. The van der Waals surface area contributed by atoms with Gasteiger partial charge in [0.2, 0.25) is 11.8 Å². The Balaban J connectivity index is 1.74. The summed E-state index contributed by atoms with van der Waals surface area (Å²) in [5.74, 6) is -4.65. The van der Waals surface area contributed by atoms with E-state index < -0.39 is 89.0 Å². The number of carbonyl (C=O) groups is 6. The zero-order valence-electron chi connectivity index (χ0n) is 29.1. The van der Waals surface area contributed by atoms with Crippen molar-refractivity contribution in [3.8, 4) is 0 Å². The minimum absolute atomic E-state index is 0.0323. The van der Waals surface area contributed by atoms with Crippen molar-refractivity contribution in [3.05, 3.63) is 75.8 Å². The van der Waals surface area contributed by atoms with E-state index in [1.54, 1.807) is 89.4 Å². The molecular formula is C33H42N8O10. The molecule has 1 saturated heterocycles. The first-order chi connectivity index (χ1) is 23.7. The minimum atomic E-state index is -1.58. The van der Waals surface area contributed by atoms with Gasteiger partial charge in [-0.05, 0) is 64.8 Å².